The fraction of sp³-hybridized carbons (Fsp3) is 0.310. The van der Waals surface area contributed by atoms with Gasteiger partial charge in [0.15, 0.2) is 11.5 Å². The molecule has 0 unspecified atom stereocenters. The lowest BCUT2D eigenvalue weighted by atomic mass is 10.0. The number of methoxy groups -OCH3 is 3. The second-order valence-electron chi connectivity index (χ2n) is 8.82. The largest absolute Gasteiger partial charge is 0.493 e. The van der Waals surface area contributed by atoms with Crippen LogP contribution in [-0.4, -0.2) is 54.1 Å². The fourth-order valence-electron chi connectivity index (χ4n) is 4.77. The van der Waals surface area contributed by atoms with Crippen molar-refractivity contribution >= 4 is 11.8 Å². The molecule has 0 atom stereocenters. The summed E-state index contributed by atoms with van der Waals surface area (Å²) in [6.07, 6.45) is 5.12. The molecule has 1 aliphatic heterocycles. The van der Waals surface area contributed by atoms with E-state index in [0.717, 1.165) is 54.8 Å². The Morgan fingerprint density at radius 1 is 0.800 bits per heavy atom. The molecular formula is C29H34FN2O3+. The van der Waals surface area contributed by atoms with Gasteiger partial charge in [0.2, 0.25) is 5.75 Å². The van der Waals surface area contributed by atoms with Crippen molar-refractivity contribution < 1.29 is 18.6 Å². The molecule has 35 heavy (non-hydrogen) atoms. The monoisotopic (exact) mass is 477 g/mol. The Hall–Kier alpha value is -3.35. The van der Waals surface area contributed by atoms with Crippen molar-refractivity contribution in [3.05, 3.63) is 89.2 Å². The molecule has 1 heterocycles. The summed E-state index contributed by atoms with van der Waals surface area (Å²) in [5.74, 6) is 1.71. The van der Waals surface area contributed by atoms with Gasteiger partial charge in [-0.2, -0.15) is 0 Å². The Morgan fingerprint density at radius 3 is 2.03 bits per heavy atom. The zero-order valence-electron chi connectivity index (χ0n) is 20.7. The molecule has 0 bridgehead atoms. The zero-order chi connectivity index (χ0) is 24.7. The summed E-state index contributed by atoms with van der Waals surface area (Å²) in [4.78, 5) is 0. The van der Waals surface area contributed by atoms with Gasteiger partial charge in [-0.25, -0.2) is 4.39 Å². The molecule has 4 rings (SSSR count). The van der Waals surface area contributed by atoms with E-state index >= 15 is 0 Å². The van der Waals surface area contributed by atoms with Crippen molar-refractivity contribution in [2.24, 2.45) is 0 Å². The summed E-state index contributed by atoms with van der Waals surface area (Å²) in [6, 6.07) is 19.5. The number of piperazine rings is 1. The number of nitrogens with zero attached hydrogens (tertiary/aromatic N) is 1. The standard InChI is InChI=1S/C29H34FN2O3/c1-33-27-15-10-24(28(34-2)29(27)35-3)5-4-18-32(19-16-31-17-20-32)26-13-8-23(9-14-26)21-22-6-11-25(30)12-7-22/h4-15,31H,16-21H2,1-3H3/q+1/b5-4+. The lowest BCUT2D eigenvalue weighted by Crippen LogP contribution is -2.59. The summed E-state index contributed by atoms with van der Waals surface area (Å²) < 4.78 is 30.7. The fourth-order valence-corrected chi connectivity index (χ4v) is 4.77. The second kappa shape index (κ2) is 11.4. The molecule has 5 nitrogen and oxygen atoms in total. The van der Waals surface area contributed by atoms with Crippen molar-refractivity contribution in [2.75, 3.05) is 54.1 Å². The number of halogens is 1. The van der Waals surface area contributed by atoms with Gasteiger partial charge in [0.25, 0.3) is 0 Å². The summed E-state index contributed by atoms with van der Waals surface area (Å²) in [6.45, 7) is 4.86. The van der Waals surface area contributed by atoms with Crippen LogP contribution in [0.2, 0.25) is 0 Å². The Bertz CT molecular complexity index is 1140. The molecule has 3 aromatic rings. The Labute approximate surface area is 207 Å². The minimum absolute atomic E-state index is 0.201. The number of hydrogen-bond donors (Lipinski definition) is 1. The third kappa shape index (κ3) is 5.66. The zero-order valence-corrected chi connectivity index (χ0v) is 20.7. The Morgan fingerprint density at radius 2 is 1.43 bits per heavy atom. The van der Waals surface area contributed by atoms with E-state index in [1.807, 2.05) is 24.3 Å². The molecule has 0 aliphatic carbocycles. The highest BCUT2D eigenvalue weighted by Crippen LogP contribution is 2.40. The number of quaternary nitrogens is 1. The van der Waals surface area contributed by atoms with Crippen molar-refractivity contribution in [2.45, 2.75) is 6.42 Å². The first-order valence-corrected chi connectivity index (χ1v) is 11.9. The molecule has 1 N–H and O–H groups in total. The molecule has 1 fully saturated rings. The van der Waals surface area contributed by atoms with Crippen LogP contribution in [0.25, 0.3) is 6.08 Å². The van der Waals surface area contributed by atoms with Gasteiger partial charge in [0, 0.05) is 18.7 Å². The normalized spacial score (nSPS) is 15.2. The summed E-state index contributed by atoms with van der Waals surface area (Å²) in [5, 5.41) is 3.49. The van der Waals surface area contributed by atoms with Crippen LogP contribution in [0.1, 0.15) is 16.7 Å². The maximum Gasteiger partial charge on any atom is 0.203 e. The van der Waals surface area contributed by atoms with E-state index in [2.05, 4.69) is 41.7 Å². The average Bonchev–Trinajstić information content (AvgIpc) is 2.90. The van der Waals surface area contributed by atoms with Crippen LogP contribution in [0, 0.1) is 5.82 Å². The van der Waals surface area contributed by atoms with Crippen molar-refractivity contribution in [1.29, 1.82) is 0 Å². The van der Waals surface area contributed by atoms with Gasteiger partial charge in [-0.15, -0.1) is 0 Å². The first-order valence-electron chi connectivity index (χ1n) is 11.9. The second-order valence-corrected chi connectivity index (χ2v) is 8.82. The van der Waals surface area contributed by atoms with E-state index in [4.69, 9.17) is 14.2 Å². The van der Waals surface area contributed by atoms with Crippen LogP contribution in [0.5, 0.6) is 17.2 Å². The van der Waals surface area contributed by atoms with Crippen molar-refractivity contribution in [3.8, 4) is 17.2 Å². The molecule has 0 saturated carbocycles. The molecule has 0 amide bonds. The number of hydrogen-bond acceptors (Lipinski definition) is 4. The van der Waals surface area contributed by atoms with Crippen LogP contribution >= 0.6 is 0 Å². The van der Waals surface area contributed by atoms with Gasteiger partial charge >= 0.3 is 0 Å². The van der Waals surface area contributed by atoms with E-state index in [0.29, 0.717) is 17.2 Å². The maximum absolute atomic E-state index is 13.2. The molecule has 3 aromatic carbocycles. The van der Waals surface area contributed by atoms with E-state index in [9.17, 15) is 4.39 Å². The third-order valence-corrected chi connectivity index (χ3v) is 6.73. The highest BCUT2D eigenvalue weighted by Gasteiger charge is 2.31. The number of ether oxygens (including phenoxy) is 3. The lowest BCUT2D eigenvalue weighted by molar-refractivity contribution is 0.263. The van der Waals surface area contributed by atoms with Gasteiger partial charge in [-0.3, -0.25) is 4.48 Å². The molecule has 0 spiro atoms. The molecule has 1 aliphatic rings. The van der Waals surface area contributed by atoms with E-state index < -0.39 is 0 Å². The van der Waals surface area contributed by atoms with E-state index in [1.165, 1.54) is 23.4 Å². The molecule has 184 valence electrons. The first kappa shape index (κ1) is 24.8. The van der Waals surface area contributed by atoms with Crippen LogP contribution < -0.4 is 24.0 Å². The smallest absolute Gasteiger partial charge is 0.203 e. The maximum atomic E-state index is 13.2. The van der Waals surface area contributed by atoms with Gasteiger partial charge in [-0.1, -0.05) is 24.3 Å². The topological polar surface area (TPSA) is 39.7 Å². The van der Waals surface area contributed by atoms with Crippen LogP contribution in [0.15, 0.2) is 66.7 Å². The van der Waals surface area contributed by atoms with Crippen molar-refractivity contribution in [3.63, 3.8) is 0 Å². The summed E-state index contributed by atoms with van der Waals surface area (Å²) in [5.41, 5.74) is 4.59. The predicted molar refractivity (Wildman–Crippen MR) is 140 cm³/mol. The number of nitrogens with one attached hydrogen (secondary N) is 1. The van der Waals surface area contributed by atoms with Gasteiger partial charge < -0.3 is 19.5 Å². The summed E-state index contributed by atoms with van der Waals surface area (Å²) >= 11 is 0. The minimum Gasteiger partial charge on any atom is -0.493 e. The molecule has 1 saturated heterocycles. The minimum atomic E-state index is -0.201. The predicted octanol–water partition coefficient (Wildman–Crippen LogP) is 5.07. The van der Waals surface area contributed by atoms with Crippen LogP contribution in [0.3, 0.4) is 0 Å². The van der Waals surface area contributed by atoms with Gasteiger partial charge in [0.05, 0.1) is 34.4 Å². The first-order chi connectivity index (χ1) is 17.1. The SMILES string of the molecule is COc1ccc(/C=C/C[N+]2(c3ccc(Cc4ccc(F)cc4)cc3)CCNCC2)c(OC)c1OC. The number of rotatable bonds is 9. The molecule has 6 heteroatoms. The van der Waals surface area contributed by atoms with Gasteiger partial charge in [0.1, 0.15) is 18.0 Å². The average molecular weight is 478 g/mol. The van der Waals surface area contributed by atoms with Crippen LogP contribution in [-0.2, 0) is 6.42 Å². The van der Waals surface area contributed by atoms with Crippen LogP contribution in [0.4, 0.5) is 10.1 Å². The summed E-state index contributed by atoms with van der Waals surface area (Å²) in [7, 11) is 4.89. The molecular weight excluding hydrogens is 443 g/mol. The Balaban J connectivity index is 1.54. The van der Waals surface area contributed by atoms with Gasteiger partial charge in [-0.05, 0) is 66.1 Å². The van der Waals surface area contributed by atoms with Crippen molar-refractivity contribution in [1.82, 2.24) is 9.80 Å². The highest BCUT2D eigenvalue weighted by molar-refractivity contribution is 5.66. The quantitative estimate of drug-likeness (QED) is 0.437. The number of benzene rings is 3. The lowest BCUT2D eigenvalue weighted by Gasteiger charge is -2.40. The highest BCUT2D eigenvalue weighted by atomic mass is 19.1. The van der Waals surface area contributed by atoms with E-state index in [1.54, 1.807) is 21.3 Å². The molecule has 0 radical (unpaired) electrons. The Kier molecular flexibility index (Phi) is 8.06. The molecule has 0 aromatic heterocycles. The van der Waals surface area contributed by atoms with E-state index in [-0.39, 0.29) is 5.82 Å². The third-order valence-electron chi connectivity index (χ3n) is 6.73.